The van der Waals surface area contributed by atoms with E-state index in [1.165, 1.54) is 0 Å². The molecular weight excluding hydrogens is 264 g/mol. The van der Waals surface area contributed by atoms with Crippen molar-refractivity contribution < 1.29 is 0 Å². The Bertz CT molecular complexity index is 535. The van der Waals surface area contributed by atoms with Crippen molar-refractivity contribution in [1.29, 1.82) is 0 Å². The molecule has 0 radical (unpaired) electrons. The van der Waals surface area contributed by atoms with Crippen LogP contribution in [0.15, 0.2) is 29.3 Å². The van der Waals surface area contributed by atoms with Gasteiger partial charge in [-0.3, -0.25) is 0 Å². The monoisotopic (exact) mass is 288 g/mol. The first-order valence-electron chi connectivity index (χ1n) is 7.48. The van der Waals surface area contributed by atoms with Crippen LogP contribution in [0.1, 0.15) is 12.0 Å². The topological polar surface area (TPSA) is 82.9 Å². The number of guanidine groups is 1. The van der Waals surface area contributed by atoms with Gasteiger partial charge in [0.2, 0.25) is 0 Å². The second kappa shape index (κ2) is 5.63. The van der Waals surface area contributed by atoms with Crippen LogP contribution in [0.3, 0.4) is 0 Å². The lowest BCUT2D eigenvalue weighted by Gasteiger charge is -2.36. The van der Waals surface area contributed by atoms with Crippen LogP contribution in [-0.4, -0.2) is 55.5 Å². The van der Waals surface area contributed by atoms with Gasteiger partial charge in [-0.25, -0.2) is 4.99 Å². The molecule has 0 bridgehead atoms. The molecule has 6 nitrogen and oxygen atoms in total. The average Bonchev–Trinajstić information content (AvgIpc) is 2.46. The number of hydrogen-bond acceptors (Lipinski definition) is 6. The van der Waals surface area contributed by atoms with Gasteiger partial charge < -0.3 is 26.6 Å². The number of aliphatic imine (C=N–C) groups is 1. The molecule has 2 heterocycles. The summed E-state index contributed by atoms with van der Waals surface area (Å²) < 4.78 is 0. The maximum atomic E-state index is 6.56. The maximum Gasteiger partial charge on any atom is 0.195 e. The molecule has 1 aromatic carbocycles. The molecule has 21 heavy (non-hydrogen) atoms. The molecule has 1 saturated heterocycles. The lowest BCUT2D eigenvalue weighted by molar-refractivity contribution is 0.143. The van der Waals surface area contributed by atoms with Gasteiger partial charge in [-0.15, -0.1) is 0 Å². The maximum absolute atomic E-state index is 6.56. The molecule has 0 spiro atoms. The van der Waals surface area contributed by atoms with E-state index < -0.39 is 5.66 Å². The van der Waals surface area contributed by atoms with Gasteiger partial charge in [-0.1, -0.05) is 18.2 Å². The molecule has 0 aliphatic carbocycles. The Balaban J connectivity index is 1.72. The lowest BCUT2D eigenvalue weighted by Crippen LogP contribution is -2.48. The highest BCUT2D eigenvalue weighted by molar-refractivity contribution is 5.95. The molecule has 6 heteroatoms. The summed E-state index contributed by atoms with van der Waals surface area (Å²) in [4.78, 5) is 9.28. The number of anilines is 1. The first-order valence-corrected chi connectivity index (χ1v) is 7.48. The Morgan fingerprint density at radius 1 is 1.24 bits per heavy atom. The van der Waals surface area contributed by atoms with Crippen LogP contribution in [0.5, 0.6) is 0 Å². The van der Waals surface area contributed by atoms with Crippen LogP contribution in [0.2, 0.25) is 0 Å². The summed E-state index contributed by atoms with van der Waals surface area (Å²) in [6, 6.07) is 8.00. The van der Waals surface area contributed by atoms with Crippen LogP contribution < -0.4 is 16.8 Å². The summed E-state index contributed by atoms with van der Waals surface area (Å²) in [5.74, 6) is 0.398. The van der Waals surface area contributed by atoms with Crippen LogP contribution >= 0.6 is 0 Å². The average molecular weight is 288 g/mol. The number of likely N-dealkylation sites (N-methyl/N-ethyl adjacent to an activating group) is 1. The van der Waals surface area contributed by atoms with Crippen molar-refractivity contribution in [3.63, 3.8) is 0 Å². The second-order valence-corrected chi connectivity index (χ2v) is 5.99. The van der Waals surface area contributed by atoms with E-state index in [0.717, 1.165) is 50.4 Å². The minimum Gasteiger partial charge on any atom is -0.370 e. The van der Waals surface area contributed by atoms with Gasteiger partial charge in [0.05, 0.1) is 0 Å². The van der Waals surface area contributed by atoms with Gasteiger partial charge in [0, 0.05) is 50.4 Å². The molecule has 0 amide bonds. The van der Waals surface area contributed by atoms with Gasteiger partial charge in [-0.05, 0) is 13.1 Å². The first-order chi connectivity index (χ1) is 10.1. The van der Waals surface area contributed by atoms with E-state index in [0.29, 0.717) is 5.96 Å². The van der Waals surface area contributed by atoms with Gasteiger partial charge in [0.25, 0.3) is 0 Å². The third-order valence-corrected chi connectivity index (χ3v) is 4.38. The van der Waals surface area contributed by atoms with Crippen molar-refractivity contribution in [3.8, 4) is 0 Å². The lowest BCUT2D eigenvalue weighted by atomic mass is 9.94. The van der Waals surface area contributed by atoms with Crippen molar-refractivity contribution in [3.05, 3.63) is 29.8 Å². The van der Waals surface area contributed by atoms with E-state index in [4.69, 9.17) is 11.5 Å². The standard InChI is InChI=1S/C15H24N6/c1-20-8-10-21(11-9-20)7-6-15(17)12-4-2-3-5-13(12)18-14(16)19-15/h2-5H,6-11,17H2,1H3,(H3,16,18,19). The summed E-state index contributed by atoms with van der Waals surface area (Å²) in [6.07, 6.45) is 0.774. The molecule has 1 aromatic rings. The number of nitrogens with one attached hydrogen (secondary N) is 1. The Hall–Kier alpha value is -1.63. The summed E-state index contributed by atoms with van der Waals surface area (Å²) in [7, 11) is 2.16. The summed E-state index contributed by atoms with van der Waals surface area (Å²) in [5, 5.41) is 3.09. The summed E-state index contributed by atoms with van der Waals surface area (Å²) in [5.41, 5.74) is 13.7. The molecule has 1 unspecified atom stereocenters. The molecule has 0 aromatic heterocycles. The highest BCUT2D eigenvalue weighted by atomic mass is 15.3. The highest BCUT2D eigenvalue weighted by Crippen LogP contribution is 2.33. The number of nitrogens with zero attached hydrogens (tertiary/aromatic N) is 3. The molecule has 5 N–H and O–H groups in total. The van der Waals surface area contributed by atoms with E-state index in [1.807, 2.05) is 24.3 Å². The zero-order chi connectivity index (χ0) is 14.9. The molecule has 1 fully saturated rings. The second-order valence-electron chi connectivity index (χ2n) is 5.99. The number of rotatable bonds is 3. The van der Waals surface area contributed by atoms with Gasteiger partial charge in [0.1, 0.15) is 5.66 Å². The van der Waals surface area contributed by atoms with Crippen LogP contribution in [-0.2, 0) is 5.66 Å². The summed E-state index contributed by atoms with van der Waals surface area (Å²) in [6.45, 7) is 5.34. The smallest absolute Gasteiger partial charge is 0.195 e. The van der Waals surface area contributed by atoms with E-state index in [9.17, 15) is 0 Å². The number of piperazine rings is 1. The van der Waals surface area contributed by atoms with E-state index in [-0.39, 0.29) is 0 Å². The van der Waals surface area contributed by atoms with Crippen molar-refractivity contribution in [2.75, 3.05) is 45.1 Å². The number of hydrogen-bond donors (Lipinski definition) is 3. The zero-order valence-corrected chi connectivity index (χ0v) is 12.5. The van der Waals surface area contributed by atoms with Gasteiger partial charge >= 0.3 is 0 Å². The number of fused-ring (bicyclic) bond motifs is 1. The van der Waals surface area contributed by atoms with Crippen molar-refractivity contribution in [2.45, 2.75) is 12.1 Å². The largest absolute Gasteiger partial charge is 0.370 e. The SMILES string of the molecule is CN1CCN(CCC2(N)N=C(N)Nc3ccccc32)CC1. The Morgan fingerprint density at radius 3 is 2.71 bits per heavy atom. The van der Waals surface area contributed by atoms with Crippen LogP contribution in [0.25, 0.3) is 0 Å². The number of benzene rings is 1. The third kappa shape index (κ3) is 3.02. The highest BCUT2D eigenvalue weighted by Gasteiger charge is 2.33. The van der Waals surface area contributed by atoms with E-state index in [1.54, 1.807) is 0 Å². The fraction of sp³-hybridized carbons (Fsp3) is 0.533. The van der Waals surface area contributed by atoms with Crippen molar-refractivity contribution in [1.82, 2.24) is 9.80 Å². The van der Waals surface area contributed by atoms with Crippen LogP contribution in [0, 0.1) is 0 Å². The van der Waals surface area contributed by atoms with Crippen molar-refractivity contribution in [2.24, 2.45) is 16.5 Å². The minimum atomic E-state index is -0.727. The van der Waals surface area contributed by atoms with Gasteiger partial charge in [0.15, 0.2) is 5.96 Å². The number of nitrogens with two attached hydrogens (primary N) is 2. The molecule has 2 aliphatic rings. The predicted octanol–water partition coefficient (Wildman–Crippen LogP) is 0.176. The summed E-state index contributed by atoms with van der Waals surface area (Å²) >= 11 is 0. The molecule has 0 saturated carbocycles. The Morgan fingerprint density at radius 2 is 1.95 bits per heavy atom. The van der Waals surface area contributed by atoms with Crippen LogP contribution in [0.4, 0.5) is 5.69 Å². The fourth-order valence-electron chi connectivity index (χ4n) is 3.00. The predicted molar refractivity (Wildman–Crippen MR) is 86.1 cm³/mol. The van der Waals surface area contributed by atoms with Crippen molar-refractivity contribution >= 4 is 11.6 Å². The molecule has 3 rings (SSSR count). The zero-order valence-electron chi connectivity index (χ0n) is 12.5. The molecular formula is C15H24N6. The fourth-order valence-corrected chi connectivity index (χ4v) is 3.00. The molecule has 114 valence electrons. The minimum absolute atomic E-state index is 0.398. The molecule has 2 aliphatic heterocycles. The Labute approximate surface area is 125 Å². The van der Waals surface area contributed by atoms with E-state index >= 15 is 0 Å². The number of para-hydroxylation sites is 1. The quantitative estimate of drug-likeness (QED) is 0.739. The first kappa shape index (κ1) is 14.3. The third-order valence-electron chi connectivity index (χ3n) is 4.38. The van der Waals surface area contributed by atoms with Gasteiger partial charge in [-0.2, -0.15) is 0 Å². The molecule has 1 atom stereocenters. The normalized spacial score (nSPS) is 26.9. The van der Waals surface area contributed by atoms with E-state index in [2.05, 4.69) is 27.2 Å². The Kier molecular flexibility index (Phi) is 3.84.